The van der Waals surface area contributed by atoms with Crippen molar-refractivity contribution in [1.29, 1.82) is 0 Å². The molecule has 0 saturated carbocycles. The molecule has 0 bridgehead atoms. The van der Waals surface area contributed by atoms with Crippen LogP contribution in [0.15, 0.2) is 17.1 Å². The summed E-state index contributed by atoms with van der Waals surface area (Å²) in [6.07, 6.45) is 7.61. The first kappa shape index (κ1) is 23.9. The molecule has 22 heavy (non-hydrogen) atoms. The number of aliphatic hydroxyl groups is 1. The molecular formula is C15H27N2NaO4. The van der Waals surface area contributed by atoms with Gasteiger partial charge in [0.15, 0.2) is 0 Å². The fourth-order valence-electron chi connectivity index (χ4n) is 1.77. The molecule has 1 atom stereocenters. The van der Waals surface area contributed by atoms with Crippen LogP contribution in [0.1, 0.15) is 46.0 Å². The molecule has 0 rings (SSSR count). The van der Waals surface area contributed by atoms with Crippen LogP contribution in [0.5, 0.6) is 0 Å². The topological polar surface area (TPSA) is 96.2 Å². The SMILES string of the molecule is C/C=C/CCCCC([O-])=NCN(CCCO)C(C)C(=O)O.[Na+]. The molecule has 0 aliphatic rings. The van der Waals surface area contributed by atoms with Crippen molar-refractivity contribution in [3.63, 3.8) is 0 Å². The van der Waals surface area contributed by atoms with Gasteiger partial charge >= 0.3 is 35.5 Å². The van der Waals surface area contributed by atoms with Crippen LogP contribution in [0, 0.1) is 0 Å². The molecule has 0 aromatic carbocycles. The molecule has 0 aromatic heterocycles. The third-order valence-electron chi connectivity index (χ3n) is 3.18. The van der Waals surface area contributed by atoms with E-state index in [9.17, 15) is 9.90 Å². The molecule has 0 aromatic rings. The molecule has 6 nitrogen and oxygen atoms in total. The molecule has 2 N–H and O–H groups in total. The van der Waals surface area contributed by atoms with Gasteiger partial charge in [0.05, 0.1) is 6.67 Å². The Morgan fingerprint density at radius 3 is 2.59 bits per heavy atom. The van der Waals surface area contributed by atoms with Crippen LogP contribution < -0.4 is 34.7 Å². The number of aliphatic imine (C=N–C) groups is 1. The monoisotopic (exact) mass is 322 g/mol. The molecule has 0 heterocycles. The average molecular weight is 322 g/mol. The third kappa shape index (κ3) is 12.2. The first-order valence-corrected chi connectivity index (χ1v) is 7.42. The number of hydrogen-bond donors (Lipinski definition) is 2. The Labute approximate surface area is 155 Å². The molecule has 7 heteroatoms. The minimum absolute atomic E-state index is 0. The van der Waals surface area contributed by atoms with E-state index in [-0.39, 0.29) is 48.7 Å². The first-order chi connectivity index (χ1) is 10.0. The zero-order valence-electron chi connectivity index (χ0n) is 14.0. The predicted molar refractivity (Wildman–Crippen MR) is 81.1 cm³/mol. The van der Waals surface area contributed by atoms with E-state index in [1.54, 1.807) is 11.8 Å². The van der Waals surface area contributed by atoms with Gasteiger partial charge in [-0.05, 0) is 51.8 Å². The Morgan fingerprint density at radius 2 is 2.05 bits per heavy atom. The molecule has 0 aliphatic carbocycles. The number of carboxylic acids is 1. The number of aliphatic hydroxyl groups excluding tert-OH is 1. The second-order valence-electron chi connectivity index (χ2n) is 4.91. The zero-order chi connectivity index (χ0) is 16.1. The van der Waals surface area contributed by atoms with Crippen LogP contribution in [0.2, 0.25) is 0 Å². The molecule has 0 radical (unpaired) electrons. The van der Waals surface area contributed by atoms with Crippen LogP contribution >= 0.6 is 0 Å². The maximum Gasteiger partial charge on any atom is 1.00 e. The van der Waals surface area contributed by atoms with Crippen molar-refractivity contribution < 1.29 is 49.7 Å². The van der Waals surface area contributed by atoms with Crippen molar-refractivity contribution in [1.82, 2.24) is 4.90 Å². The quantitative estimate of drug-likeness (QED) is 0.142. The fraction of sp³-hybridized carbons (Fsp3) is 0.733. The van der Waals surface area contributed by atoms with Crippen molar-refractivity contribution in [3.05, 3.63) is 12.2 Å². The van der Waals surface area contributed by atoms with Crippen LogP contribution in [-0.2, 0) is 4.79 Å². The van der Waals surface area contributed by atoms with E-state index in [2.05, 4.69) is 11.1 Å². The van der Waals surface area contributed by atoms with Crippen LogP contribution in [0.3, 0.4) is 0 Å². The number of nitrogens with zero attached hydrogens (tertiary/aromatic N) is 2. The van der Waals surface area contributed by atoms with Crippen LogP contribution in [0.4, 0.5) is 0 Å². The molecule has 0 aliphatic heterocycles. The summed E-state index contributed by atoms with van der Waals surface area (Å²) in [5, 5.41) is 29.5. The predicted octanol–water partition coefficient (Wildman–Crippen LogP) is -2.00. The van der Waals surface area contributed by atoms with Crippen LogP contribution in [0.25, 0.3) is 0 Å². The summed E-state index contributed by atoms with van der Waals surface area (Å²) >= 11 is 0. The van der Waals surface area contributed by atoms with Crippen molar-refractivity contribution in [2.75, 3.05) is 19.8 Å². The number of carbonyl (C=O) groups is 1. The molecule has 1 unspecified atom stereocenters. The van der Waals surface area contributed by atoms with Gasteiger partial charge in [-0.25, -0.2) is 0 Å². The minimum atomic E-state index is -0.957. The summed E-state index contributed by atoms with van der Waals surface area (Å²) < 4.78 is 0. The Hall–Kier alpha value is -0.400. The number of carboxylic acid groups (broad SMARTS) is 1. The molecular weight excluding hydrogens is 295 g/mol. The van der Waals surface area contributed by atoms with E-state index in [1.807, 2.05) is 13.0 Å². The van der Waals surface area contributed by atoms with Crippen molar-refractivity contribution in [2.45, 2.75) is 52.0 Å². The van der Waals surface area contributed by atoms with Gasteiger partial charge in [-0.3, -0.25) is 14.7 Å². The van der Waals surface area contributed by atoms with Crippen molar-refractivity contribution in [2.24, 2.45) is 4.99 Å². The summed E-state index contributed by atoms with van der Waals surface area (Å²) in [4.78, 5) is 16.5. The summed E-state index contributed by atoms with van der Waals surface area (Å²) in [6.45, 7) is 3.98. The number of hydrogen-bond acceptors (Lipinski definition) is 5. The van der Waals surface area contributed by atoms with Gasteiger partial charge in [-0.1, -0.05) is 12.2 Å². The number of unbranched alkanes of at least 4 members (excludes halogenated alkanes) is 2. The van der Waals surface area contributed by atoms with Gasteiger partial charge in [-0.2, -0.15) is 0 Å². The Balaban J connectivity index is 0. The van der Waals surface area contributed by atoms with E-state index in [4.69, 9.17) is 10.2 Å². The number of allylic oxidation sites excluding steroid dienone is 2. The maximum absolute atomic E-state index is 11.6. The Bertz CT molecular complexity index is 348. The molecule has 0 saturated heterocycles. The summed E-state index contributed by atoms with van der Waals surface area (Å²) in [5.74, 6) is -1.15. The number of rotatable bonds is 12. The van der Waals surface area contributed by atoms with E-state index < -0.39 is 12.0 Å². The zero-order valence-corrected chi connectivity index (χ0v) is 16.0. The smallest absolute Gasteiger partial charge is 0.862 e. The summed E-state index contributed by atoms with van der Waals surface area (Å²) in [7, 11) is 0. The van der Waals surface area contributed by atoms with E-state index in [1.165, 1.54) is 0 Å². The van der Waals surface area contributed by atoms with Gasteiger partial charge in [0.2, 0.25) is 0 Å². The summed E-state index contributed by atoms with van der Waals surface area (Å²) in [5.41, 5.74) is 0. The molecule has 122 valence electrons. The fourth-order valence-corrected chi connectivity index (χ4v) is 1.77. The normalized spacial score (nSPS) is 13.4. The number of aliphatic carboxylic acids is 1. The van der Waals surface area contributed by atoms with Gasteiger partial charge in [0.25, 0.3) is 0 Å². The largest absolute Gasteiger partial charge is 1.00 e. The second-order valence-corrected chi connectivity index (χ2v) is 4.91. The second kappa shape index (κ2) is 15.5. The Morgan fingerprint density at radius 1 is 1.36 bits per heavy atom. The van der Waals surface area contributed by atoms with E-state index in [0.29, 0.717) is 19.4 Å². The van der Waals surface area contributed by atoms with E-state index >= 15 is 0 Å². The summed E-state index contributed by atoms with van der Waals surface area (Å²) in [6, 6.07) is -0.720. The van der Waals surface area contributed by atoms with Gasteiger partial charge in [0.1, 0.15) is 6.04 Å². The minimum Gasteiger partial charge on any atom is -0.862 e. The standard InChI is InChI=1S/C15H28N2O4.Na/c1-3-4-5-6-7-9-14(19)16-12-17(10-8-11-18)13(2)15(20)21;/h3-4,13,18H,5-12H2,1-2H3,(H,16,19)(H,20,21);/q;+1/p-1/b4-3+;. The first-order valence-electron chi connectivity index (χ1n) is 7.42. The van der Waals surface area contributed by atoms with Gasteiger partial charge in [-0.15, -0.1) is 0 Å². The third-order valence-corrected chi connectivity index (χ3v) is 3.18. The maximum atomic E-state index is 11.6. The van der Waals surface area contributed by atoms with Crippen molar-refractivity contribution in [3.8, 4) is 0 Å². The Kier molecular flexibility index (Phi) is 16.8. The van der Waals surface area contributed by atoms with Crippen molar-refractivity contribution >= 4 is 11.9 Å². The molecule has 0 amide bonds. The molecule has 0 spiro atoms. The average Bonchev–Trinajstić information content (AvgIpc) is 2.46. The molecule has 0 fully saturated rings. The van der Waals surface area contributed by atoms with E-state index in [0.717, 1.165) is 19.3 Å². The van der Waals surface area contributed by atoms with Gasteiger partial charge in [0, 0.05) is 13.2 Å². The van der Waals surface area contributed by atoms with Crippen LogP contribution in [-0.4, -0.2) is 52.8 Å². The van der Waals surface area contributed by atoms with Gasteiger partial charge < -0.3 is 15.3 Å².